The van der Waals surface area contributed by atoms with E-state index >= 15 is 0 Å². The van der Waals surface area contributed by atoms with Crippen LogP contribution in [-0.2, 0) is 19.3 Å². The molecule has 0 radical (unpaired) electrons. The van der Waals surface area contributed by atoms with Crippen LogP contribution in [0.3, 0.4) is 0 Å². The Kier molecular flexibility index (Phi) is 3.64. The number of hydrogen-bond donors (Lipinski definition) is 0. The van der Waals surface area contributed by atoms with Crippen molar-refractivity contribution in [1.29, 1.82) is 0 Å². The second kappa shape index (κ2) is 4.81. The molecular weight excluding hydrogens is 255 g/mol. The molecule has 6 heteroatoms. The van der Waals surface area contributed by atoms with Gasteiger partial charge in [-0.2, -0.15) is 13.2 Å². The van der Waals surface area contributed by atoms with Gasteiger partial charge in [-0.25, -0.2) is 4.98 Å². The highest BCUT2D eigenvalue weighted by Crippen LogP contribution is 2.34. The molecule has 0 spiro atoms. The van der Waals surface area contributed by atoms with Gasteiger partial charge in [0.25, 0.3) is 0 Å². The number of imidazole rings is 1. The Hall–Kier alpha value is -1.04. The van der Waals surface area contributed by atoms with E-state index in [1.165, 1.54) is 4.57 Å². The van der Waals surface area contributed by atoms with Crippen LogP contribution in [0.1, 0.15) is 50.8 Å². The van der Waals surface area contributed by atoms with Crippen molar-refractivity contribution in [3.8, 4) is 0 Å². The SMILES string of the molecule is CC(C)c1nc(C(F)(F)F)n2c1CN(C(C)C)CC2. The van der Waals surface area contributed by atoms with Gasteiger partial charge in [-0.05, 0) is 19.8 Å². The highest BCUT2D eigenvalue weighted by Gasteiger charge is 2.40. The third-order valence-corrected chi connectivity index (χ3v) is 3.60. The Morgan fingerprint density at radius 1 is 1.11 bits per heavy atom. The van der Waals surface area contributed by atoms with Crippen LogP contribution in [0, 0.1) is 0 Å². The number of halogens is 3. The number of hydrogen-bond acceptors (Lipinski definition) is 2. The van der Waals surface area contributed by atoms with Gasteiger partial charge in [0, 0.05) is 25.7 Å². The summed E-state index contributed by atoms with van der Waals surface area (Å²) in [7, 11) is 0. The van der Waals surface area contributed by atoms with Gasteiger partial charge >= 0.3 is 6.18 Å². The number of fused-ring (bicyclic) bond motifs is 1. The molecule has 0 saturated carbocycles. The summed E-state index contributed by atoms with van der Waals surface area (Å²) < 4.78 is 40.4. The second-order valence-corrected chi connectivity index (χ2v) is 5.64. The van der Waals surface area contributed by atoms with Crippen LogP contribution >= 0.6 is 0 Å². The van der Waals surface area contributed by atoms with Crippen LogP contribution in [0.4, 0.5) is 13.2 Å². The highest BCUT2D eigenvalue weighted by molar-refractivity contribution is 5.23. The van der Waals surface area contributed by atoms with Gasteiger partial charge in [-0.3, -0.25) is 4.90 Å². The van der Waals surface area contributed by atoms with Crippen molar-refractivity contribution < 1.29 is 13.2 Å². The topological polar surface area (TPSA) is 21.1 Å². The Bertz CT molecular complexity index is 460. The monoisotopic (exact) mass is 275 g/mol. The maximum Gasteiger partial charge on any atom is 0.449 e. The standard InChI is InChI=1S/C13H20F3N3/c1-8(2)11-10-7-18(9(3)4)5-6-19(10)12(17-11)13(14,15)16/h8-9H,5-7H2,1-4H3. The fourth-order valence-corrected chi connectivity index (χ4v) is 2.53. The summed E-state index contributed by atoms with van der Waals surface area (Å²) in [6.45, 7) is 9.45. The fourth-order valence-electron chi connectivity index (χ4n) is 2.53. The first-order chi connectivity index (χ1) is 8.71. The largest absolute Gasteiger partial charge is 0.449 e. The lowest BCUT2D eigenvalue weighted by Crippen LogP contribution is -2.39. The summed E-state index contributed by atoms with van der Waals surface area (Å²) in [5.74, 6) is -0.737. The second-order valence-electron chi connectivity index (χ2n) is 5.64. The van der Waals surface area contributed by atoms with Gasteiger partial charge < -0.3 is 4.57 Å². The zero-order chi connectivity index (χ0) is 14.4. The quantitative estimate of drug-likeness (QED) is 0.826. The van der Waals surface area contributed by atoms with Gasteiger partial charge in [0.1, 0.15) is 0 Å². The molecule has 1 aliphatic rings. The predicted molar refractivity (Wildman–Crippen MR) is 66.9 cm³/mol. The summed E-state index contributed by atoms with van der Waals surface area (Å²) in [5, 5.41) is 0. The number of alkyl halides is 3. The molecule has 0 aliphatic carbocycles. The van der Waals surface area contributed by atoms with Crippen LogP contribution in [0.5, 0.6) is 0 Å². The summed E-state index contributed by atoms with van der Waals surface area (Å²) >= 11 is 0. The molecular formula is C13H20F3N3. The minimum atomic E-state index is -4.37. The zero-order valence-corrected chi connectivity index (χ0v) is 11.8. The maximum absolute atomic E-state index is 13.0. The third-order valence-electron chi connectivity index (χ3n) is 3.60. The van der Waals surface area contributed by atoms with Crippen LogP contribution in [0.15, 0.2) is 0 Å². The Morgan fingerprint density at radius 3 is 2.21 bits per heavy atom. The zero-order valence-electron chi connectivity index (χ0n) is 11.8. The Morgan fingerprint density at radius 2 is 1.74 bits per heavy atom. The predicted octanol–water partition coefficient (Wildman–Crippen LogP) is 3.25. The minimum absolute atomic E-state index is 0.00413. The van der Waals surface area contributed by atoms with E-state index < -0.39 is 12.0 Å². The molecule has 108 valence electrons. The van der Waals surface area contributed by atoms with Crippen molar-refractivity contribution in [3.05, 3.63) is 17.2 Å². The van der Waals surface area contributed by atoms with Gasteiger partial charge in [0.15, 0.2) is 0 Å². The molecule has 0 saturated heterocycles. The molecule has 0 unspecified atom stereocenters. The van der Waals surface area contributed by atoms with Crippen molar-refractivity contribution in [2.75, 3.05) is 6.54 Å². The van der Waals surface area contributed by atoms with E-state index in [4.69, 9.17) is 0 Å². The normalized spacial score (nSPS) is 17.3. The lowest BCUT2D eigenvalue weighted by molar-refractivity contribution is -0.147. The van der Waals surface area contributed by atoms with E-state index in [2.05, 4.69) is 23.7 Å². The highest BCUT2D eigenvalue weighted by atomic mass is 19.4. The smallest absolute Gasteiger partial charge is 0.322 e. The van der Waals surface area contributed by atoms with E-state index in [1.807, 2.05) is 13.8 Å². The molecule has 2 heterocycles. The molecule has 0 atom stereocenters. The molecule has 0 fully saturated rings. The van der Waals surface area contributed by atoms with Crippen molar-refractivity contribution in [2.24, 2.45) is 0 Å². The average Bonchev–Trinajstić information content (AvgIpc) is 2.66. The van der Waals surface area contributed by atoms with Crippen LogP contribution in [0.2, 0.25) is 0 Å². The maximum atomic E-state index is 13.0. The molecule has 19 heavy (non-hydrogen) atoms. The van der Waals surface area contributed by atoms with Crippen molar-refractivity contribution in [3.63, 3.8) is 0 Å². The summed E-state index contributed by atoms with van der Waals surface area (Å²) in [4.78, 5) is 6.05. The summed E-state index contributed by atoms with van der Waals surface area (Å²) in [6, 6.07) is 0.331. The van der Waals surface area contributed by atoms with Crippen LogP contribution in [-0.4, -0.2) is 27.0 Å². The van der Waals surface area contributed by atoms with E-state index in [0.717, 1.165) is 5.69 Å². The van der Waals surface area contributed by atoms with Crippen LogP contribution < -0.4 is 0 Å². The van der Waals surface area contributed by atoms with Crippen molar-refractivity contribution >= 4 is 0 Å². The Balaban J connectivity index is 2.47. The summed E-state index contributed by atoms with van der Waals surface area (Å²) in [6.07, 6.45) is -4.37. The minimum Gasteiger partial charge on any atom is -0.322 e. The molecule has 0 bridgehead atoms. The van der Waals surface area contributed by atoms with Gasteiger partial charge in [-0.1, -0.05) is 13.8 Å². The van der Waals surface area contributed by atoms with Gasteiger partial charge in [0.05, 0.1) is 11.4 Å². The molecule has 0 amide bonds. The number of aromatic nitrogens is 2. The van der Waals surface area contributed by atoms with Gasteiger partial charge in [0.2, 0.25) is 5.82 Å². The third kappa shape index (κ3) is 2.63. The molecule has 1 aromatic heterocycles. The Labute approximate surface area is 111 Å². The lowest BCUT2D eigenvalue weighted by Gasteiger charge is -2.32. The average molecular weight is 275 g/mol. The van der Waals surface area contributed by atoms with E-state index in [-0.39, 0.29) is 5.92 Å². The van der Waals surface area contributed by atoms with Crippen molar-refractivity contribution in [1.82, 2.24) is 14.5 Å². The first-order valence-corrected chi connectivity index (χ1v) is 6.62. The van der Waals surface area contributed by atoms with E-state index in [9.17, 15) is 13.2 Å². The molecule has 0 N–H and O–H groups in total. The number of nitrogens with zero attached hydrogens (tertiary/aromatic N) is 3. The lowest BCUT2D eigenvalue weighted by atomic mass is 10.1. The van der Waals surface area contributed by atoms with E-state index in [1.54, 1.807) is 0 Å². The molecule has 1 aromatic rings. The van der Waals surface area contributed by atoms with E-state index in [0.29, 0.717) is 31.4 Å². The molecule has 0 aromatic carbocycles. The number of rotatable bonds is 2. The molecule has 3 nitrogen and oxygen atoms in total. The first kappa shape index (κ1) is 14.4. The molecule has 2 rings (SSSR count). The van der Waals surface area contributed by atoms with Crippen LogP contribution in [0.25, 0.3) is 0 Å². The molecule has 1 aliphatic heterocycles. The van der Waals surface area contributed by atoms with Gasteiger partial charge in [-0.15, -0.1) is 0 Å². The summed E-state index contributed by atoms with van der Waals surface area (Å²) in [5.41, 5.74) is 1.31. The van der Waals surface area contributed by atoms with Crippen molar-refractivity contribution in [2.45, 2.75) is 58.9 Å². The fraction of sp³-hybridized carbons (Fsp3) is 0.769. The first-order valence-electron chi connectivity index (χ1n) is 6.62.